The zero-order chi connectivity index (χ0) is 18.1. The van der Waals surface area contributed by atoms with Gasteiger partial charge >= 0.3 is 0 Å². The maximum absolute atomic E-state index is 12.0. The van der Waals surface area contributed by atoms with Crippen molar-refractivity contribution in [2.75, 3.05) is 0 Å². The first-order valence-corrected chi connectivity index (χ1v) is 11.5. The van der Waals surface area contributed by atoms with Crippen LogP contribution >= 0.6 is 0 Å². The standard InChI is InChI=1S/C22H28O3S/c23-26(24,25)22-15-20-13-18(16-7-3-1-4-8-16)11-12-19(20)14-21(22)17-9-5-2-6-10-17/h11-17H,1-10H2,(H,23,24,25)/p-1. The third-order valence-corrected chi connectivity index (χ3v) is 7.28. The van der Waals surface area contributed by atoms with E-state index in [1.165, 1.54) is 44.1 Å². The van der Waals surface area contributed by atoms with E-state index in [4.69, 9.17) is 0 Å². The Morgan fingerprint density at radius 2 is 1.35 bits per heavy atom. The van der Waals surface area contributed by atoms with Crippen molar-refractivity contribution in [1.82, 2.24) is 0 Å². The molecule has 140 valence electrons. The number of benzene rings is 2. The van der Waals surface area contributed by atoms with Gasteiger partial charge in [-0.25, -0.2) is 8.42 Å². The SMILES string of the molecule is O=S(=O)([O-])c1cc2cc(C3CCCCC3)ccc2cc1C1CCCCC1. The minimum absolute atomic E-state index is 0.0118. The van der Waals surface area contributed by atoms with Crippen molar-refractivity contribution in [2.24, 2.45) is 0 Å². The van der Waals surface area contributed by atoms with E-state index in [2.05, 4.69) is 18.2 Å². The highest BCUT2D eigenvalue weighted by atomic mass is 32.2. The molecule has 2 aromatic carbocycles. The Balaban J connectivity index is 1.79. The van der Waals surface area contributed by atoms with Crippen molar-refractivity contribution in [2.45, 2.75) is 80.9 Å². The number of hydrogen-bond donors (Lipinski definition) is 0. The molecule has 4 heteroatoms. The van der Waals surface area contributed by atoms with Gasteiger partial charge in [-0.2, -0.15) is 0 Å². The van der Waals surface area contributed by atoms with Gasteiger partial charge in [-0.15, -0.1) is 0 Å². The summed E-state index contributed by atoms with van der Waals surface area (Å²) in [6.45, 7) is 0. The molecule has 3 nitrogen and oxygen atoms in total. The number of rotatable bonds is 3. The van der Waals surface area contributed by atoms with E-state index in [1.807, 2.05) is 6.07 Å². The van der Waals surface area contributed by atoms with Crippen LogP contribution in [0.1, 0.15) is 87.2 Å². The van der Waals surface area contributed by atoms with Crippen molar-refractivity contribution >= 4 is 20.9 Å². The molecule has 0 N–H and O–H groups in total. The van der Waals surface area contributed by atoms with E-state index in [-0.39, 0.29) is 10.8 Å². The molecule has 0 amide bonds. The van der Waals surface area contributed by atoms with Crippen LogP contribution < -0.4 is 0 Å². The average molecular weight is 372 g/mol. The van der Waals surface area contributed by atoms with Crippen LogP contribution in [0.25, 0.3) is 10.8 Å². The molecule has 0 bridgehead atoms. The molecule has 0 radical (unpaired) electrons. The van der Waals surface area contributed by atoms with Gasteiger partial charge < -0.3 is 4.55 Å². The Morgan fingerprint density at radius 3 is 1.96 bits per heavy atom. The molecular formula is C22H27O3S-. The van der Waals surface area contributed by atoms with Crippen LogP contribution in [0.3, 0.4) is 0 Å². The van der Waals surface area contributed by atoms with Crippen molar-refractivity contribution in [3.8, 4) is 0 Å². The van der Waals surface area contributed by atoms with E-state index < -0.39 is 10.1 Å². The topological polar surface area (TPSA) is 57.2 Å². The van der Waals surface area contributed by atoms with Crippen LogP contribution in [0, 0.1) is 0 Å². The number of hydrogen-bond acceptors (Lipinski definition) is 3. The molecule has 2 saturated carbocycles. The summed E-state index contributed by atoms with van der Waals surface area (Å²) in [5.74, 6) is 0.767. The summed E-state index contributed by atoms with van der Waals surface area (Å²) >= 11 is 0. The van der Waals surface area contributed by atoms with Gasteiger partial charge in [-0.3, -0.25) is 0 Å². The Bertz CT molecular complexity index is 889. The first kappa shape index (κ1) is 18.0. The van der Waals surface area contributed by atoms with E-state index >= 15 is 0 Å². The zero-order valence-electron chi connectivity index (χ0n) is 15.2. The second-order valence-corrected chi connectivity index (χ2v) is 9.47. The third kappa shape index (κ3) is 3.67. The Kier molecular flexibility index (Phi) is 5.07. The summed E-state index contributed by atoms with van der Waals surface area (Å²) < 4.78 is 35.9. The number of fused-ring (bicyclic) bond motifs is 1. The fourth-order valence-electron chi connectivity index (χ4n) is 4.95. The van der Waals surface area contributed by atoms with E-state index in [9.17, 15) is 13.0 Å². The minimum Gasteiger partial charge on any atom is -0.744 e. The molecule has 0 aliphatic heterocycles. The summed E-state index contributed by atoms with van der Waals surface area (Å²) in [5.41, 5.74) is 2.04. The fraction of sp³-hybridized carbons (Fsp3) is 0.545. The average Bonchev–Trinajstić information content (AvgIpc) is 2.67. The molecule has 0 spiro atoms. The van der Waals surface area contributed by atoms with Crippen LogP contribution in [-0.4, -0.2) is 13.0 Å². The summed E-state index contributed by atoms with van der Waals surface area (Å²) in [6.07, 6.45) is 11.6. The summed E-state index contributed by atoms with van der Waals surface area (Å²) in [4.78, 5) is 0.0118. The Morgan fingerprint density at radius 1 is 0.731 bits per heavy atom. The van der Waals surface area contributed by atoms with E-state index in [0.717, 1.165) is 42.0 Å². The van der Waals surface area contributed by atoms with Crippen molar-refractivity contribution in [1.29, 1.82) is 0 Å². The minimum atomic E-state index is -4.46. The monoisotopic (exact) mass is 371 g/mol. The van der Waals surface area contributed by atoms with Crippen LogP contribution in [-0.2, 0) is 10.1 Å². The molecule has 0 atom stereocenters. The van der Waals surface area contributed by atoms with Gasteiger partial charge in [0.05, 0.1) is 4.90 Å². The molecule has 2 fully saturated rings. The molecule has 4 rings (SSSR count). The van der Waals surface area contributed by atoms with Gasteiger partial charge in [-0.05, 0) is 71.6 Å². The summed E-state index contributed by atoms with van der Waals surface area (Å²) in [6, 6.07) is 10.1. The largest absolute Gasteiger partial charge is 0.744 e. The maximum Gasteiger partial charge on any atom is 0.124 e. The summed E-state index contributed by atoms with van der Waals surface area (Å²) in [5, 5.41) is 1.94. The molecule has 2 aromatic rings. The lowest BCUT2D eigenvalue weighted by atomic mass is 9.82. The molecular weight excluding hydrogens is 344 g/mol. The molecule has 2 aliphatic rings. The van der Waals surface area contributed by atoms with Gasteiger partial charge in [0.15, 0.2) is 0 Å². The van der Waals surface area contributed by atoms with Gasteiger partial charge in [0, 0.05) is 0 Å². The second kappa shape index (κ2) is 7.32. The predicted molar refractivity (Wildman–Crippen MR) is 104 cm³/mol. The molecule has 26 heavy (non-hydrogen) atoms. The maximum atomic E-state index is 12.0. The lowest BCUT2D eigenvalue weighted by Gasteiger charge is -2.26. The van der Waals surface area contributed by atoms with Crippen molar-refractivity contribution in [3.05, 3.63) is 41.5 Å². The van der Waals surface area contributed by atoms with Gasteiger partial charge in [0.25, 0.3) is 0 Å². The van der Waals surface area contributed by atoms with Gasteiger partial charge in [0.1, 0.15) is 10.1 Å². The molecule has 0 saturated heterocycles. The normalized spacial score (nSPS) is 20.5. The lowest BCUT2D eigenvalue weighted by Crippen LogP contribution is -2.11. The molecule has 2 aliphatic carbocycles. The fourth-order valence-corrected chi connectivity index (χ4v) is 5.74. The predicted octanol–water partition coefficient (Wildman–Crippen LogP) is 5.84. The van der Waals surface area contributed by atoms with Crippen LogP contribution in [0.2, 0.25) is 0 Å². The molecule has 0 unspecified atom stereocenters. The quantitative estimate of drug-likeness (QED) is 0.637. The second-order valence-electron chi connectivity index (χ2n) is 8.12. The summed E-state index contributed by atoms with van der Waals surface area (Å²) in [7, 11) is -4.46. The smallest absolute Gasteiger partial charge is 0.124 e. The Labute approximate surface area is 156 Å². The van der Waals surface area contributed by atoms with Crippen LogP contribution in [0.5, 0.6) is 0 Å². The first-order chi connectivity index (χ1) is 12.5. The van der Waals surface area contributed by atoms with Crippen molar-refractivity contribution in [3.63, 3.8) is 0 Å². The zero-order valence-corrected chi connectivity index (χ0v) is 16.1. The first-order valence-electron chi connectivity index (χ1n) is 10.1. The van der Waals surface area contributed by atoms with Gasteiger partial charge in [0.2, 0.25) is 0 Å². The van der Waals surface area contributed by atoms with E-state index in [0.29, 0.717) is 5.92 Å². The molecule has 0 aromatic heterocycles. The van der Waals surface area contributed by atoms with Gasteiger partial charge in [-0.1, -0.05) is 56.7 Å². The highest BCUT2D eigenvalue weighted by Gasteiger charge is 2.22. The third-order valence-electron chi connectivity index (χ3n) is 6.38. The van der Waals surface area contributed by atoms with E-state index in [1.54, 1.807) is 6.07 Å². The van der Waals surface area contributed by atoms with Crippen molar-refractivity contribution < 1.29 is 13.0 Å². The Hall–Kier alpha value is -1.39. The van der Waals surface area contributed by atoms with Crippen LogP contribution in [0.4, 0.5) is 0 Å². The van der Waals surface area contributed by atoms with Crippen LogP contribution in [0.15, 0.2) is 35.2 Å². The highest BCUT2D eigenvalue weighted by molar-refractivity contribution is 7.85. The highest BCUT2D eigenvalue weighted by Crippen LogP contribution is 2.39. The lowest BCUT2D eigenvalue weighted by molar-refractivity contribution is 0.431. The molecule has 0 heterocycles.